The van der Waals surface area contributed by atoms with Crippen LogP contribution in [0.1, 0.15) is 25.0 Å². The van der Waals surface area contributed by atoms with Gasteiger partial charge in [-0.2, -0.15) is 11.8 Å². The second-order valence-corrected chi connectivity index (χ2v) is 8.11. The minimum Gasteiger partial charge on any atom is -0.383 e. The van der Waals surface area contributed by atoms with E-state index in [9.17, 15) is 0 Å². The van der Waals surface area contributed by atoms with Crippen molar-refractivity contribution >= 4 is 17.4 Å². The fourth-order valence-corrected chi connectivity index (χ4v) is 3.82. The molecule has 0 radical (unpaired) electrons. The van der Waals surface area contributed by atoms with Crippen LogP contribution in [0.15, 0.2) is 18.2 Å². The number of hydrogen-bond donors (Lipinski definition) is 1. The van der Waals surface area contributed by atoms with Crippen molar-refractivity contribution in [2.24, 2.45) is 0 Å². The van der Waals surface area contributed by atoms with E-state index in [-0.39, 0.29) is 0 Å². The normalized spacial score (nSPS) is 18.0. The highest BCUT2D eigenvalue weighted by Crippen LogP contribution is 2.32. The minimum absolute atomic E-state index is 0.354. The third-order valence-corrected chi connectivity index (χ3v) is 5.21. The highest BCUT2D eigenvalue weighted by atomic mass is 32.2. The summed E-state index contributed by atoms with van der Waals surface area (Å²) in [5, 5.41) is 3.41. The lowest BCUT2D eigenvalue weighted by Crippen LogP contribution is -2.43. The first-order valence-corrected chi connectivity index (χ1v) is 8.68. The molecule has 0 amide bonds. The van der Waals surface area contributed by atoms with E-state index in [0.717, 1.165) is 32.8 Å². The van der Waals surface area contributed by atoms with Gasteiger partial charge >= 0.3 is 0 Å². The lowest BCUT2D eigenvalue weighted by molar-refractivity contribution is 0.199. The Labute approximate surface area is 133 Å². The zero-order valence-electron chi connectivity index (χ0n) is 13.7. The molecule has 0 aromatic heterocycles. The van der Waals surface area contributed by atoms with Crippen molar-refractivity contribution in [1.82, 2.24) is 5.32 Å². The van der Waals surface area contributed by atoms with Gasteiger partial charge in [0, 0.05) is 49.5 Å². The van der Waals surface area contributed by atoms with E-state index in [1.807, 2.05) is 0 Å². The number of anilines is 1. The van der Waals surface area contributed by atoms with E-state index < -0.39 is 0 Å². The van der Waals surface area contributed by atoms with Gasteiger partial charge in [-0.05, 0) is 44.0 Å². The smallest absolute Gasteiger partial charge is 0.0587 e. The number of thioether (sulfide) groups is 1. The molecule has 0 bridgehead atoms. The van der Waals surface area contributed by atoms with Crippen LogP contribution in [0.2, 0.25) is 0 Å². The minimum atomic E-state index is 0.354. The average molecular weight is 308 g/mol. The van der Waals surface area contributed by atoms with E-state index in [0.29, 0.717) is 4.75 Å². The van der Waals surface area contributed by atoms with Crippen LogP contribution in [0, 0.1) is 6.92 Å². The Bertz CT molecular complexity index is 462. The molecule has 118 valence electrons. The fourth-order valence-electron chi connectivity index (χ4n) is 2.71. The van der Waals surface area contributed by atoms with Crippen LogP contribution in [-0.4, -0.2) is 43.9 Å². The first-order chi connectivity index (χ1) is 10.0. The van der Waals surface area contributed by atoms with Crippen molar-refractivity contribution in [3.05, 3.63) is 29.3 Å². The Morgan fingerprint density at radius 3 is 2.86 bits per heavy atom. The second-order valence-electron chi connectivity index (χ2n) is 6.31. The number of hydrogen-bond acceptors (Lipinski definition) is 4. The highest BCUT2D eigenvalue weighted by molar-refractivity contribution is 8.00. The third-order valence-electron chi connectivity index (χ3n) is 3.92. The lowest BCUT2D eigenvalue weighted by atomic mass is 10.1. The topological polar surface area (TPSA) is 24.5 Å². The standard InChI is InChI=1S/C17H28N2OS/c1-14-11-16(19-8-10-21-17(2,3)13-19)6-5-15(14)12-18-7-9-20-4/h5-6,11,18H,7-10,12-13H2,1-4H3. The Kier molecular flexibility index (Phi) is 5.97. The van der Waals surface area contributed by atoms with Gasteiger partial charge < -0.3 is 15.0 Å². The van der Waals surface area contributed by atoms with Gasteiger partial charge in [0.2, 0.25) is 0 Å². The summed E-state index contributed by atoms with van der Waals surface area (Å²) in [6.07, 6.45) is 0. The van der Waals surface area contributed by atoms with E-state index >= 15 is 0 Å². The molecule has 1 heterocycles. The largest absolute Gasteiger partial charge is 0.383 e. The van der Waals surface area contributed by atoms with Crippen molar-refractivity contribution in [1.29, 1.82) is 0 Å². The summed E-state index contributed by atoms with van der Waals surface area (Å²) in [6.45, 7) is 11.7. The first-order valence-electron chi connectivity index (χ1n) is 7.70. The molecule has 3 nitrogen and oxygen atoms in total. The molecule has 0 saturated carbocycles. The maximum Gasteiger partial charge on any atom is 0.0587 e. The fraction of sp³-hybridized carbons (Fsp3) is 0.647. The van der Waals surface area contributed by atoms with Gasteiger partial charge in [-0.3, -0.25) is 0 Å². The summed E-state index contributed by atoms with van der Waals surface area (Å²) in [7, 11) is 1.74. The average Bonchev–Trinajstić information content (AvgIpc) is 2.44. The predicted octanol–water partition coefficient (Wildman–Crippen LogP) is 3.06. The number of ether oxygens (including phenoxy) is 1. The second kappa shape index (κ2) is 7.52. The number of methoxy groups -OCH3 is 1. The summed E-state index contributed by atoms with van der Waals surface area (Å²) in [5.74, 6) is 1.21. The molecule has 1 fully saturated rings. The Balaban J connectivity index is 1.98. The summed E-state index contributed by atoms with van der Waals surface area (Å²) >= 11 is 2.08. The molecular weight excluding hydrogens is 280 g/mol. The van der Waals surface area contributed by atoms with Crippen molar-refractivity contribution in [2.75, 3.05) is 44.0 Å². The predicted molar refractivity (Wildman–Crippen MR) is 93.5 cm³/mol. The lowest BCUT2D eigenvalue weighted by Gasteiger charge is -2.39. The van der Waals surface area contributed by atoms with Crippen molar-refractivity contribution < 1.29 is 4.74 Å². The van der Waals surface area contributed by atoms with Gasteiger partial charge in [0.15, 0.2) is 0 Å². The van der Waals surface area contributed by atoms with Gasteiger partial charge in [0.1, 0.15) is 0 Å². The number of nitrogens with one attached hydrogen (secondary N) is 1. The zero-order chi connectivity index (χ0) is 15.3. The van der Waals surface area contributed by atoms with Crippen LogP contribution < -0.4 is 10.2 Å². The maximum atomic E-state index is 5.06. The number of benzene rings is 1. The van der Waals surface area contributed by atoms with Crippen LogP contribution >= 0.6 is 11.8 Å². The van der Waals surface area contributed by atoms with Crippen LogP contribution in [-0.2, 0) is 11.3 Å². The van der Waals surface area contributed by atoms with Crippen molar-refractivity contribution in [2.45, 2.75) is 32.1 Å². The molecule has 1 saturated heterocycles. The molecule has 1 aromatic carbocycles. The highest BCUT2D eigenvalue weighted by Gasteiger charge is 2.27. The molecule has 0 unspecified atom stereocenters. The first kappa shape index (κ1) is 16.7. The number of nitrogens with zero attached hydrogens (tertiary/aromatic N) is 1. The quantitative estimate of drug-likeness (QED) is 0.816. The van der Waals surface area contributed by atoms with Crippen molar-refractivity contribution in [3.63, 3.8) is 0 Å². The van der Waals surface area contributed by atoms with Crippen LogP contribution in [0.5, 0.6) is 0 Å². The molecule has 1 aliphatic heterocycles. The molecule has 2 rings (SSSR count). The van der Waals surface area contributed by atoms with Crippen LogP contribution in [0.25, 0.3) is 0 Å². The number of rotatable bonds is 6. The van der Waals surface area contributed by atoms with E-state index in [1.165, 1.54) is 22.6 Å². The number of aryl methyl sites for hydroxylation is 1. The van der Waals surface area contributed by atoms with E-state index in [1.54, 1.807) is 7.11 Å². The zero-order valence-corrected chi connectivity index (χ0v) is 14.6. The summed E-state index contributed by atoms with van der Waals surface area (Å²) in [4.78, 5) is 2.52. The van der Waals surface area contributed by atoms with Gasteiger partial charge in [-0.1, -0.05) is 6.07 Å². The Morgan fingerprint density at radius 2 is 2.19 bits per heavy atom. The molecule has 1 N–H and O–H groups in total. The maximum absolute atomic E-state index is 5.06. The van der Waals surface area contributed by atoms with E-state index in [4.69, 9.17) is 4.74 Å². The molecule has 21 heavy (non-hydrogen) atoms. The molecule has 0 atom stereocenters. The molecule has 0 aliphatic carbocycles. The summed E-state index contributed by atoms with van der Waals surface area (Å²) in [6, 6.07) is 6.87. The molecule has 4 heteroatoms. The van der Waals surface area contributed by atoms with Crippen molar-refractivity contribution in [3.8, 4) is 0 Å². The van der Waals surface area contributed by atoms with Gasteiger partial charge in [0.05, 0.1) is 6.61 Å². The monoisotopic (exact) mass is 308 g/mol. The Morgan fingerprint density at radius 1 is 1.38 bits per heavy atom. The molecular formula is C17H28N2OS. The van der Waals surface area contributed by atoms with Crippen LogP contribution in [0.4, 0.5) is 5.69 Å². The van der Waals surface area contributed by atoms with Crippen LogP contribution in [0.3, 0.4) is 0 Å². The van der Waals surface area contributed by atoms with E-state index in [2.05, 4.69) is 60.9 Å². The third kappa shape index (κ3) is 4.90. The summed E-state index contributed by atoms with van der Waals surface area (Å²) in [5.41, 5.74) is 4.11. The van der Waals surface area contributed by atoms with Gasteiger partial charge in [-0.15, -0.1) is 0 Å². The van der Waals surface area contributed by atoms with Gasteiger partial charge in [-0.25, -0.2) is 0 Å². The molecule has 0 spiro atoms. The van der Waals surface area contributed by atoms with Gasteiger partial charge in [0.25, 0.3) is 0 Å². The summed E-state index contributed by atoms with van der Waals surface area (Å²) < 4.78 is 5.41. The molecule has 1 aromatic rings. The molecule has 1 aliphatic rings. The SMILES string of the molecule is COCCNCc1ccc(N2CCSC(C)(C)C2)cc1C. The Hall–Kier alpha value is -0.710.